The fourth-order valence-electron chi connectivity index (χ4n) is 1.53. The normalized spacial score (nSPS) is 10.5. The molecule has 0 aliphatic carbocycles. The van der Waals surface area contributed by atoms with Crippen molar-refractivity contribution in [1.29, 1.82) is 0 Å². The molecule has 0 saturated heterocycles. The van der Waals surface area contributed by atoms with E-state index in [4.69, 9.17) is 10.5 Å². The van der Waals surface area contributed by atoms with Crippen molar-refractivity contribution < 1.29 is 9.53 Å². The molecule has 0 fully saturated rings. The van der Waals surface area contributed by atoms with E-state index in [-0.39, 0.29) is 5.69 Å². The fraction of sp³-hybridized carbons (Fsp3) is 0.250. The number of esters is 1. The van der Waals surface area contributed by atoms with Crippen molar-refractivity contribution in [3.05, 3.63) is 29.6 Å². The Hall–Kier alpha value is -2.17. The molecule has 0 aromatic carbocycles. The van der Waals surface area contributed by atoms with Crippen LogP contribution in [0.15, 0.2) is 18.2 Å². The van der Waals surface area contributed by atoms with Gasteiger partial charge in [0.1, 0.15) is 0 Å². The minimum Gasteiger partial charge on any atom is -0.461 e. The molecule has 0 bridgehead atoms. The van der Waals surface area contributed by atoms with Crippen LogP contribution in [0.2, 0.25) is 0 Å². The second-order valence-corrected chi connectivity index (χ2v) is 3.65. The third-order valence-electron chi connectivity index (χ3n) is 2.32. The lowest BCUT2D eigenvalue weighted by molar-refractivity contribution is 0.0521. The van der Waals surface area contributed by atoms with Gasteiger partial charge in [0.25, 0.3) is 0 Å². The summed E-state index contributed by atoms with van der Waals surface area (Å²) in [7, 11) is 0. The first-order valence-electron chi connectivity index (χ1n) is 5.33. The number of ether oxygens (including phenoxy) is 1. The van der Waals surface area contributed by atoms with E-state index in [9.17, 15) is 4.79 Å². The van der Waals surface area contributed by atoms with Crippen LogP contribution in [0.5, 0.6) is 0 Å². The molecular formula is C12H13N3O2. The van der Waals surface area contributed by atoms with Crippen LogP contribution in [-0.2, 0) is 4.74 Å². The Bertz CT molecular complexity index is 581. The van der Waals surface area contributed by atoms with Crippen molar-refractivity contribution in [2.45, 2.75) is 13.8 Å². The van der Waals surface area contributed by atoms with Gasteiger partial charge < -0.3 is 10.5 Å². The first kappa shape index (κ1) is 11.3. The molecule has 88 valence electrons. The van der Waals surface area contributed by atoms with Gasteiger partial charge in [0.05, 0.1) is 12.3 Å². The van der Waals surface area contributed by atoms with Gasteiger partial charge in [-0.25, -0.2) is 14.8 Å². The molecule has 2 aromatic heterocycles. The summed E-state index contributed by atoms with van der Waals surface area (Å²) in [6.45, 7) is 3.89. The molecule has 2 aromatic rings. The van der Waals surface area contributed by atoms with Crippen molar-refractivity contribution in [3.8, 4) is 0 Å². The lowest BCUT2D eigenvalue weighted by atomic mass is 10.2. The first-order valence-corrected chi connectivity index (χ1v) is 5.33. The Kier molecular flexibility index (Phi) is 2.91. The van der Waals surface area contributed by atoms with E-state index >= 15 is 0 Å². The Morgan fingerprint density at radius 2 is 2.18 bits per heavy atom. The van der Waals surface area contributed by atoms with Gasteiger partial charge in [0.2, 0.25) is 0 Å². The number of carbonyl (C=O) groups is 1. The molecule has 17 heavy (non-hydrogen) atoms. The zero-order valence-corrected chi connectivity index (χ0v) is 9.73. The number of nitrogens with two attached hydrogens (primary N) is 1. The summed E-state index contributed by atoms with van der Waals surface area (Å²) in [5.74, 6) is -0.518. The number of rotatable bonds is 2. The zero-order chi connectivity index (χ0) is 12.4. The number of carbonyl (C=O) groups excluding carboxylic acids is 1. The number of nitrogens with zero attached hydrogens (tertiary/aromatic N) is 2. The van der Waals surface area contributed by atoms with Crippen molar-refractivity contribution in [2.24, 2.45) is 0 Å². The zero-order valence-electron chi connectivity index (χ0n) is 9.73. The van der Waals surface area contributed by atoms with Gasteiger partial charge in [0, 0.05) is 11.1 Å². The second-order valence-electron chi connectivity index (χ2n) is 3.65. The van der Waals surface area contributed by atoms with E-state index in [1.54, 1.807) is 13.0 Å². The summed E-state index contributed by atoms with van der Waals surface area (Å²) < 4.78 is 4.88. The number of aromatic nitrogens is 2. The maximum absolute atomic E-state index is 11.6. The Labute approximate surface area is 98.6 Å². The molecule has 0 spiro atoms. The third-order valence-corrected chi connectivity index (χ3v) is 2.32. The Balaban J connectivity index is 2.57. The van der Waals surface area contributed by atoms with Crippen molar-refractivity contribution in [1.82, 2.24) is 9.97 Å². The molecule has 5 heteroatoms. The van der Waals surface area contributed by atoms with Crippen molar-refractivity contribution in [2.75, 3.05) is 12.3 Å². The highest BCUT2D eigenvalue weighted by atomic mass is 16.5. The van der Waals surface area contributed by atoms with Crippen LogP contribution in [0, 0.1) is 6.92 Å². The van der Waals surface area contributed by atoms with E-state index in [2.05, 4.69) is 9.97 Å². The summed E-state index contributed by atoms with van der Waals surface area (Å²) >= 11 is 0. The van der Waals surface area contributed by atoms with Crippen LogP contribution in [0.1, 0.15) is 23.1 Å². The van der Waals surface area contributed by atoms with E-state index in [0.717, 1.165) is 11.1 Å². The molecule has 0 aliphatic heterocycles. The molecule has 2 N–H and O–H groups in total. The highest BCUT2D eigenvalue weighted by Crippen LogP contribution is 2.18. The predicted octanol–water partition coefficient (Wildman–Crippen LogP) is 1.70. The number of aryl methyl sites for hydroxylation is 1. The van der Waals surface area contributed by atoms with Crippen LogP contribution >= 0.6 is 0 Å². The number of hydrogen-bond donors (Lipinski definition) is 1. The largest absolute Gasteiger partial charge is 0.461 e. The van der Waals surface area contributed by atoms with Gasteiger partial charge >= 0.3 is 5.97 Å². The highest BCUT2D eigenvalue weighted by molar-refractivity contribution is 5.96. The SMILES string of the molecule is CCOC(=O)c1nc2nc(C)ccc2cc1N. The fourth-order valence-corrected chi connectivity index (χ4v) is 1.53. The molecule has 0 saturated carbocycles. The van der Waals surface area contributed by atoms with Crippen molar-refractivity contribution in [3.63, 3.8) is 0 Å². The minimum absolute atomic E-state index is 0.123. The van der Waals surface area contributed by atoms with Gasteiger partial charge in [-0.1, -0.05) is 0 Å². The quantitative estimate of drug-likeness (QED) is 0.796. The number of hydrogen-bond acceptors (Lipinski definition) is 5. The molecule has 2 heterocycles. The van der Waals surface area contributed by atoms with Gasteiger partial charge in [-0.3, -0.25) is 0 Å². The molecule has 0 aliphatic rings. The lowest BCUT2D eigenvalue weighted by Gasteiger charge is -2.06. The Morgan fingerprint density at radius 1 is 1.41 bits per heavy atom. The molecule has 5 nitrogen and oxygen atoms in total. The van der Waals surface area contributed by atoms with Gasteiger partial charge in [-0.2, -0.15) is 0 Å². The topological polar surface area (TPSA) is 78.1 Å². The maximum atomic E-state index is 11.6. The van der Waals surface area contributed by atoms with E-state index in [1.165, 1.54) is 0 Å². The maximum Gasteiger partial charge on any atom is 0.359 e. The summed E-state index contributed by atoms with van der Waals surface area (Å²) in [6.07, 6.45) is 0. The summed E-state index contributed by atoms with van der Waals surface area (Å²) in [4.78, 5) is 20.0. The molecule has 0 unspecified atom stereocenters. The highest BCUT2D eigenvalue weighted by Gasteiger charge is 2.14. The number of nitrogen functional groups attached to an aromatic ring is 1. The smallest absolute Gasteiger partial charge is 0.359 e. The Morgan fingerprint density at radius 3 is 2.88 bits per heavy atom. The van der Waals surface area contributed by atoms with E-state index in [0.29, 0.717) is 17.9 Å². The molecule has 0 amide bonds. The summed E-state index contributed by atoms with van der Waals surface area (Å²) in [5.41, 5.74) is 7.53. The minimum atomic E-state index is -0.518. The number of anilines is 1. The lowest BCUT2D eigenvalue weighted by Crippen LogP contribution is -2.11. The summed E-state index contributed by atoms with van der Waals surface area (Å²) in [6, 6.07) is 5.42. The first-order chi connectivity index (χ1) is 8.11. The predicted molar refractivity (Wildman–Crippen MR) is 64.6 cm³/mol. The van der Waals surface area contributed by atoms with Crippen LogP contribution in [0.4, 0.5) is 5.69 Å². The van der Waals surface area contributed by atoms with Crippen LogP contribution in [0.25, 0.3) is 11.0 Å². The number of pyridine rings is 2. The van der Waals surface area contributed by atoms with Crippen LogP contribution < -0.4 is 5.73 Å². The van der Waals surface area contributed by atoms with E-state index < -0.39 is 5.97 Å². The average Bonchev–Trinajstić information content (AvgIpc) is 2.29. The standard InChI is InChI=1S/C12H13N3O2/c1-3-17-12(16)10-9(13)6-8-5-4-7(2)14-11(8)15-10/h4-6H,3,13H2,1-2H3. The molecule has 0 radical (unpaired) electrons. The molecule has 0 atom stereocenters. The second kappa shape index (κ2) is 4.37. The van der Waals surface area contributed by atoms with E-state index in [1.807, 2.05) is 19.1 Å². The number of fused-ring (bicyclic) bond motifs is 1. The molecular weight excluding hydrogens is 218 g/mol. The van der Waals surface area contributed by atoms with Crippen LogP contribution in [0.3, 0.4) is 0 Å². The summed E-state index contributed by atoms with van der Waals surface area (Å²) in [5, 5.41) is 0.807. The average molecular weight is 231 g/mol. The van der Waals surface area contributed by atoms with Crippen LogP contribution in [-0.4, -0.2) is 22.5 Å². The van der Waals surface area contributed by atoms with Gasteiger partial charge in [0.15, 0.2) is 11.3 Å². The van der Waals surface area contributed by atoms with Crippen molar-refractivity contribution >= 4 is 22.7 Å². The van der Waals surface area contributed by atoms with Gasteiger partial charge in [-0.05, 0) is 32.0 Å². The monoisotopic (exact) mass is 231 g/mol. The third kappa shape index (κ3) is 2.18. The van der Waals surface area contributed by atoms with Gasteiger partial charge in [-0.15, -0.1) is 0 Å². The molecule has 2 rings (SSSR count).